The molecule has 0 unspecified atom stereocenters. The number of rotatable bonds is 1. The molecule has 1 saturated heterocycles. The minimum absolute atomic E-state index is 0.240. The number of ether oxygens (including phenoxy) is 1. The third-order valence-corrected chi connectivity index (χ3v) is 1.99. The Bertz CT molecular complexity index is 153. The van der Waals surface area contributed by atoms with Crippen molar-refractivity contribution in [3.8, 4) is 0 Å². The molecule has 1 fully saturated rings. The Kier molecular flexibility index (Phi) is 7.20. The molecule has 1 amide bonds. The minimum atomic E-state index is -0.260. The summed E-state index contributed by atoms with van der Waals surface area (Å²) in [7, 11) is 0. The van der Waals surface area contributed by atoms with E-state index in [9.17, 15) is 4.79 Å². The lowest BCUT2D eigenvalue weighted by atomic mass is 10.1. The molecule has 0 bridgehead atoms. The molecule has 1 aliphatic heterocycles. The van der Waals surface area contributed by atoms with Crippen LogP contribution in [0, 0.1) is 0 Å². The normalized spacial score (nSPS) is 17.0. The first-order valence-electron chi connectivity index (χ1n) is 5.33. The summed E-state index contributed by atoms with van der Waals surface area (Å²) < 4.78 is 4.82. The molecule has 1 heterocycles. The van der Waals surface area contributed by atoms with Crippen molar-refractivity contribution in [2.24, 2.45) is 0 Å². The van der Waals surface area contributed by atoms with E-state index in [4.69, 9.17) is 9.84 Å². The summed E-state index contributed by atoms with van der Waals surface area (Å²) in [5.41, 5.74) is 0. The van der Waals surface area contributed by atoms with Gasteiger partial charge in [0.1, 0.15) is 0 Å². The summed E-state index contributed by atoms with van der Waals surface area (Å²) >= 11 is 0. The van der Waals surface area contributed by atoms with E-state index in [0.717, 1.165) is 0 Å². The quantitative estimate of drug-likeness (QED) is 0.704. The van der Waals surface area contributed by atoms with Gasteiger partial charge in [0, 0.05) is 13.1 Å². The highest BCUT2D eigenvalue weighted by Gasteiger charge is 2.21. The van der Waals surface area contributed by atoms with E-state index in [1.807, 2.05) is 13.8 Å². The molecule has 0 spiro atoms. The lowest BCUT2D eigenvalue weighted by Gasteiger charge is -2.28. The molecule has 1 aliphatic rings. The van der Waals surface area contributed by atoms with Gasteiger partial charge in [-0.1, -0.05) is 13.8 Å². The van der Waals surface area contributed by atoms with E-state index >= 15 is 0 Å². The van der Waals surface area contributed by atoms with E-state index in [0.29, 0.717) is 32.5 Å². The van der Waals surface area contributed by atoms with Crippen molar-refractivity contribution in [3.63, 3.8) is 0 Å². The van der Waals surface area contributed by atoms with Crippen molar-refractivity contribution in [1.82, 2.24) is 4.90 Å². The molecule has 14 heavy (non-hydrogen) atoms. The van der Waals surface area contributed by atoms with Gasteiger partial charge >= 0.3 is 6.09 Å². The zero-order valence-corrected chi connectivity index (χ0v) is 9.32. The molecule has 0 aromatic carbocycles. The van der Waals surface area contributed by atoms with E-state index in [1.54, 1.807) is 11.8 Å². The molecule has 1 rings (SSSR count). The van der Waals surface area contributed by atoms with Crippen molar-refractivity contribution in [3.05, 3.63) is 0 Å². The predicted octanol–water partition coefficient (Wildman–Crippen LogP) is 1.63. The highest BCUT2D eigenvalue weighted by molar-refractivity contribution is 5.67. The zero-order valence-electron chi connectivity index (χ0n) is 9.32. The van der Waals surface area contributed by atoms with Gasteiger partial charge < -0.3 is 14.7 Å². The Morgan fingerprint density at radius 3 is 2.36 bits per heavy atom. The molecular formula is C10H21NO3. The fraction of sp³-hybridized carbons (Fsp3) is 0.900. The summed E-state index contributed by atoms with van der Waals surface area (Å²) in [6.45, 7) is 7.43. The smallest absolute Gasteiger partial charge is 0.409 e. The fourth-order valence-corrected chi connectivity index (χ4v) is 1.26. The number of amides is 1. The summed E-state index contributed by atoms with van der Waals surface area (Å²) in [6, 6.07) is 0. The van der Waals surface area contributed by atoms with E-state index in [1.165, 1.54) is 0 Å². The topological polar surface area (TPSA) is 49.8 Å². The number of hydrogen-bond acceptors (Lipinski definition) is 3. The molecule has 0 atom stereocenters. The minimum Gasteiger partial charge on any atom is -0.450 e. The van der Waals surface area contributed by atoms with Crippen molar-refractivity contribution in [1.29, 1.82) is 0 Å². The average Bonchev–Trinajstić information content (AvgIpc) is 2.22. The molecule has 0 aromatic rings. The average molecular weight is 203 g/mol. The summed E-state index contributed by atoms with van der Waals surface area (Å²) in [4.78, 5) is 12.8. The summed E-state index contributed by atoms with van der Waals surface area (Å²) in [6.07, 6.45) is 0.831. The number of hydrogen-bond donors (Lipinski definition) is 1. The fourth-order valence-electron chi connectivity index (χ4n) is 1.26. The Morgan fingerprint density at radius 2 is 1.93 bits per heavy atom. The first-order chi connectivity index (χ1) is 6.74. The van der Waals surface area contributed by atoms with Crippen LogP contribution in [0.3, 0.4) is 0 Å². The lowest BCUT2D eigenvalue weighted by Crippen LogP contribution is -2.40. The number of carbonyl (C=O) groups is 1. The van der Waals surface area contributed by atoms with E-state index in [2.05, 4.69) is 0 Å². The summed E-state index contributed by atoms with van der Waals surface area (Å²) in [5, 5.41) is 9.16. The van der Waals surface area contributed by atoms with Crippen molar-refractivity contribution >= 4 is 6.09 Å². The van der Waals surface area contributed by atoms with Gasteiger partial charge in [0.15, 0.2) is 0 Å². The second-order valence-electron chi connectivity index (χ2n) is 2.92. The van der Waals surface area contributed by atoms with Gasteiger partial charge in [0.2, 0.25) is 0 Å². The number of nitrogens with zero attached hydrogens (tertiary/aromatic N) is 1. The largest absolute Gasteiger partial charge is 0.450 e. The van der Waals surface area contributed by atoms with Gasteiger partial charge in [-0.15, -0.1) is 0 Å². The molecule has 4 nitrogen and oxygen atoms in total. The van der Waals surface area contributed by atoms with Gasteiger partial charge in [0.25, 0.3) is 0 Å². The maximum Gasteiger partial charge on any atom is 0.409 e. The molecule has 0 saturated carbocycles. The van der Waals surface area contributed by atoms with Crippen LogP contribution in [0.2, 0.25) is 0 Å². The van der Waals surface area contributed by atoms with Crippen LogP contribution in [0.5, 0.6) is 0 Å². The lowest BCUT2D eigenvalue weighted by molar-refractivity contribution is 0.0615. The maximum absolute atomic E-state index is 11.1. The van der Waals surface area contributed by atoms with Crippen LogP contribution in [0.25, 0.3) is 0 Å². The number of aliphatic hydroxyl groups excluding tert-OH is 1. The van der Waals surface area contributed by atoms with Crippen LogP contribution in [0.1, 0.15) is 33.6 Å². The SMILES string of the molecule is CC.CCOC(=O)N1CCC(O)CC1. The number of aliphatic hydroxyl groups is 1. The first kappa shape index (κ1) is 13.2. The molecule has 4 heteroatoms. The molecule has 0 aromatic heterocycles. The first-order valence-corrected chi connectivity index (χ1v) is 5.33. The third kappa shape index (κ3) is 4.46. The zero-order chi connectivity index (χ0) is 11.0. The molecule has 84 valence electrons. The molecule has 1 N–H and O–H groups in total. The van der Waals surface area contributed by atoms with Crippen molar-refractivity contribution in [2.45, 2.75) is 39.7 Å². The van der Waals surface area contributed by atoms with Gasteiger partial charge in [-0.05, 0) is 19.8 Å². The second-order valence-corrected chi connectivity index (χ2v) is 2.92. The Morgan fingerprint density at radius 1 is 1.43 bits per heavy atom. The number of piperidine rings is 1. The van der Waals surface area contributed by atoms with Crippen LogP contribution >= 0.6 is 0 Å². The Hall–Kier alpha value is -0.770. The second kappa shape index (κ2) is 7.62. The van der Waals surface area contributed by atoms with Crippen LogP contribution in [0.15, 0.2) is 0 Å². The van der Waals surface area contributed by atoms with Gasteiger partial charge in [-0.3, -0.25) is 0 Å². The monoisotopic (exact) mass is 203 g/mol. The van der Waals surface area contributed by atoms with Crippen LogP contribution in [-0.4, -0.2) is 41.9 Å². The number of likely N-dealkylation sites (tertiary alicyclic amines) is 1. The van der Waals surface area contributed by atoms with E-state index < -0.39 is 0 Å². The van der Waals surface area contributed by atoms with Crippen molar-refractivity contribution in [2.75, 3.05) is 19.7 Å². The van der Waals surface area contributed by atoms with Crippen molar-refractivity contribution < 1.29 is 14.6 Å². The highest BCUT2D eigenvalue weighted by Crippen LogP contribution is 2.10. The summed E-state index contributed by atoms with van der Waals surface area (Å²) in [5.74, 6) is 0. The third-order valence-electron chi connectivity index (χ3n) is 1.99. The van der Waals surface area contributed by atoms with Gasteiger partial charge in [0.05, 0.1) is 12.7 Å². The van der Waals surface area contributed by atoms with Crippen LogP contribution in [-0.2, 0) is 4.74 Å². The van der Waals surface area contributed by atoms with Crippen LogP contribution in [0.4, 0.5) is 4.79 Å². The molecular weight excluding hydrogens is 182 g/mol. The van der Waals surface area contributed by atoms with Gasteiger partial charge in [-0.2, -0.15) is 0 Å². The Labute approximate surface area is 85.9 Å². The predicted molar refractivity (Wildman–Crippen MR) is 55.2 cm³/mol. The molecule has 0 radical (unpaired) electrons. The highest BCUT2D eigenvalue weighted by atomic mass is 16.6. The number of carbonyl (C=O) groups excluding carboxylic acids is 1. The standard InChI is InChI=1S/C8H15NO3.C2H6/c1-2-12-8(11)9-5-3-7(10)4-6-9;1-2/h7,10H,2-6H2,1H3;1-2H3. The van der Waals surface area contributed by atoms with E-state index in [-0.39, 0.29) is 12.2 Å². The maximum atomic E-state index is 11.1. The Balaban J connectivity index is 0.000000791. The molecule has 0 aliphatic carbocycles. The van der Waals surface area contributed by atoms with Crippen LogP contribution < -0.4 is 0 Å². The van der Waals surface area contributed by atoms with Gasteiger partial charge in [-0.25, -0.2) is 4.79 Å².